The molecular weight excluding hydrogens is 306 g/mol. The van der Waals surface area contributed by atoms with Gasteiger partial charge in [0.1, 0.15) is 0 Å². The minimum absolute atomic E-state index is 0.0210. The Hall–Kier alpha value is -0.500. The number of aryl methyl sites for hydroxylation is 1. The lowest BCUT2D eigenvalue weighted by atomic mass is 10.3. The number of sulfonamides is 1. The van der Waals surface area contributed by atoms with E-state index in [9.17, 15) is 8.42 Å². The van der Waals surface area contributed by atoms with E-state index in [4.69, 9.17) is 0 Å². The van der Waals surface area contributed by atoms with Crippen molar-refractivity contribution >= 4 is 21.8 Å². The maximum atomic E-state index is 12.5. The van der Waals surface area contributed by atoms with E-state index >= 15 is 0 Å². The highest BCUT2D eigenvalue weighted by Crippen LogP contribution is 2.16. The lowest BCUT2D eigenvalue weighted by Crippen LogP contribution is -2.35. The quantitative estimate of drug-likeness (QED) is 0.688. The summed E-state index contributed by atoms with van der Waals surface area (Å²) in [6.07, 6.45) is 5.49. The number of hydrogen-bond acceptors (Lipinski definition) is 4. The fourth-order valence-corrected chi connectivity index (χ4v) is 4.38. The summed E-state index contributed by atoms with van der Waals surface area (Å²) in [5, 5.41) is 3.08. The lowest BCUT2D eigenvalue weighted by molar-refractivity contribution is 0.557. The van der Waals surface area contributed by atoms with Crippen LogP contribution in [0, 0.1) is 0 Å². The molecule has 5 nitrogen and oxygen atoms in total. The van der Waals surface area contributed by atoms with Crippen molar-refractivity contribution < 1.29 is 8.42 Å². The molecule has 1 rings (SSSR count). The van der Waals surface area contributed by atoms with Gasteiger partial charge >= 0.3 is 0 Å². The highest BCUT2D eigenvalue weighted by atomic mass is 32.2. The second-order valence-corrected chi connectivity index (χ2v) is 7.70. The molecule has 21 heavy (non-hydrogen) atoms. The molecule has 1 heterocycles. The van der Waals surface area contributed by atoms with E-state index in [1.54, 1.807) is 24.0 Å². The van der Waals surface area contributed by atoms with E-state index < -0.39 is 10.0 Å². The van der Waals surface area contributed by atoms with Crippen molar-refractivity contribution in [2.24, 2.45) is 0 Å². The zero-order chi connectivity index (χ0) is 15.9. The van der Waals surface area contributed by atoms with Crippen molar-refractivity contribution in [3.8, 4) is 0 Å². The van der Waals surface area contributed by atoms with Gasteiger partial charge in [0.25, 0.3) is 0 Å². The SMILES string of the molecule is CCCn1cc(S(=O)(=O)NC(CC)CSC)cc1CNC. The molecule has 1 aromatic rings. The number of nitrogens with one attached hydrogen (secondary N) is 2. The van der Waals surface area contributed by atoms with Crippen molar-refractivity contribution in [3.05, 3.63) is 18.0 Å². The zero-order valence-corrected chi connectivity index (χ0v) is 15.0. The van der Waals surface area contributed by atoms with Gasteiger partial charge in [0.15, 0.2) is 0 Å². The molecule has 7 heteroatoms. The van der Waals surface area contributed by atoms with Crippen LogP contribution in [0.5, 0.6) is 0 Å². The molecule has 1 unspecified atom stereocenters. The van der Waals surface area contributed by atoms with Gasteiger partial charge in [-0.25, -0.2) is 13.1 Å². The van der Waals surface area contributed by atoms with Crippen molar-refractivity contribution in [1.82, 2.24) is 14.6 Å². The first-order chi connectivity index (χ1) is 9.98. The number of rotatable bonds is 10. The van der Waals surface area contributed by atoms with E-state index in [0.29, 0.717) is 11.4 Å². The van der Waals surface area contributed by atoms with Crippen LogP contribution in [0.25, 0.3) is 0 Å². The number of nitrogens with zero attached hydrogens (tertiary/aromatic N) is 1. The predicted molar refractivity (Wildman–Crippen MR) is 90.3 cm³/mol. The normalized spacial score (nSPS) is 13.5. The summed E-state index contributed by atoms with van der Waals surface area (Å²) in [6, 6.07) is 1.74. The minimum atomic E-state index is -3.44. The van der Waals surface area contributed by atoms with Crippen molar-refractivity contribution in [3.63, 3.8) is 0 Å². The summed E-state index contributed by atoms with van der Waals surface area (Å²) in [5.41, 5.74) is 0.998. The molecule has 0 aliphatic carbocycles. The van der Waals surface area contributed by atoms with Crippen molar-refractivity contribution in [2.45, 2.75) is 50.7 Å². The third-order valence-electron chi connectivity index (χ3n) is 3.28. The predicted octanol–water partition coefficient (Wildman–Crippen LogP) is 2.04. The topological polar surface area (TPSA) is 63.1 Å². The molecule has 0 aliphatic rings. The second kappa shape index (κ2) is 8.82. The first-order valence-corrected chi connectivity index (χ1v) is 10.2. The van der Waals surface area contributed by atoms with Gasteiger partial charge in [0.05, 0.1) is 4.90 Å². The molecule has 0 fully saturated rings. The van der Waals surface area contributed by atoms with Gasteiger partial charge in [-0.15, -0.1) is 0 Å². The van der Waals surface area contributed by atoms with Crippen LogP contribution in [0.1, 0.15) is 32.4 Å². The second-order valence-electron chi connectivity index (χ2n) is 5.07. The number of aromatic nitrogens is 1. The summed E-state index contributed by atoms with van der Waals surface area (Å²) >= 11 is 1.65. The molecule has 1 aromatic heterocycles. The molecule has 0 spiro atoms. The summed E-state index contributed by atoms with van der Waals surface area (Å²) in [6.45, 7) is 5.57. The fraction of sp³-hybridized carbons (Fsp3) is 0.714. The third kappa shape index (κ3) is 5.32. The number of thioether (sulfide) groups is 1. The Morgan fingerprint density at radius 2 is 2.10 bits per heavy atom. The van der Waals surface area contributed by atoms with Gasteiger partial charge < -0.3 is 9.88 Å². The highest BCUT2D eigenvalue weighted by molar-refractivity contribution is 7.98. The zero-order valence-electron chi connectivity index (χ0n) is 13.3. The third-order valence-corrected chi connectivity index (χ3v) is 5.50. The van der Waals surface area contributed by atoms with Crippen molar-refractivity contribution in [2.75, 3.05) is 19.1 Å². The Labute approximate surface area is 132 Å². The van der Waals surface area contributed by atoms with E-state index in [2.05, 4.69) is 17.0 Å². The maximum Gasteiger partial charge on any atom is 0.242 e. The Kier molecular flexibility index (Phi) is 7.79. The fourth-order valence-electron chi connectivity index (χ4n) is 2.17. The molecule has 0 bridgehead atoms. The van der Waals surface area contributed by atoms with E-state index in [1.165, 1.54) is 0 Å². The highest BCUT2D eigenvalue weighted by Gasteiger charge is 2.21. The molecule has 122 valence electrons. The maximum absolute atomic E-state index is 12.5. The summed E-state index contributed by atoms with van der Waals surface area (Å²) in [4.78, 5) is 0.362. The minimum Gasteiger partial charge on any atom is -0.349 e. The first kappa shape index (κ1) is 18.5. The van der Waals surface area contributed by atoms with Crippen LogP contribution in [0.4, 0.5) is 0 Å². The molecule has 0 aromatic carbocycles. The van der Waals surface area contributed by atoms with Crippen LogP contribution >= 0.6 is 11.8 Å². The van der Waals surface area contributed by atoms with Crippen LogP contribution in [0.3, 0.4) is 0 Å². The monoisotopic (exact) mass is 333 g/mol. The van der Waals surface area contributed by atoms with Gasteiger partial charge in [0, 0.05) is 36.8 Å². The summed E-state index contributed by atoms with van der Waals surface area (Å²) in [5.74, 6) is 0.786. The molecule has 0 saturated carbocycles. The largest absolute Gasteiger partial charge is 0.349 e. The summed E-state index contributed by atoms with van der Waals surface area (Å²) < 4.78 is 29.8. The van der Waals surface area contributed by atoms with Gasteiger partial charge in [-0.2, -0.15) is 11.8 Å². The van der Waals surface area contributed by atoms with Crippen LogP contribution in [-0.2, 0) is 23.1 Å². The van der Waals surface area contributed by atoms with Crippen molar-refractivity contribution in [1.29, 1.82) is 0 Å². The molecular formula is C14H27N3O2S2. The Morgan fingerprint density at radius 3 is 2.62 bits per heavy atom. The molecule has 0 radical (unpaired) electrons. The van der Waals surface area contributed by atoms with E-state index in [1.807, 2.05) is 24.8 Å². The van der Waals surface area contributed by atoms with Gasteiger partial charge in [-0.1, -0.05) is 13.8 Å². The molecule has 2 N–H and O–H groups in total. The van der Waals surface area contributed by atoms with Crippen LogP contribution < -0.4 is 10.0 Å². The number of hydrogen-bond donors (Lipinski definition) is 2. The average Bonchev–Trinajstić information content (AvgIpc) is 2.83. The van der Waals surface area contributed by atoms with Gasteiger partial charge in [-0.05, 0) is 32.2 Å². The Morgan fingerprint density at radius 1 is 1.38 bits per heavy atom. The van der Waals surface area contributed by atoms with E-state index in [-0.39, 0.29) is 6.04 Å². The van der Waals surface area contributed by atoms with Crippen LogP contribution in [0.15, 0.2) is 17.2 Å². The van der Waals surface area contributed by atoms with Gasteiger partial charge in [0.2, 0.25) is 10.0 Å². The van der Waals surface area contributed by atoms with E-state index in [0.717, 1.165) is 30.8 Å². The molecule has 0 saturated heterocycles. The Bertz CT molecular complexity index is 503. The molecule has 0 aliphatic heterocycles. The summed E-state index contributed by atoms with van der Waals surface area (Å²) in [7, 11) is -1.58. The molecule has 0 amide bonds. The standard InChI is InChI=1S/C14H27N3O2S2/c1-5-7-17-10-14(8-13(17)9-15-3)21(18,19)16-12(6-2)11-20-4/h8,10,12,15-16H,5-7,9,11H2,1-4H3. The molecule has 1 atom stereocenters. The van der Waals surface area contributed by atoms with Crippen LogP contribution in [-0.4, -0.2) is 38.1 Å². The lowest BCUT2D eigenvalue weighted by Gasteiger charge is -2.15. The van der Waals surface area contributed by atoms with Crippen LogP contribution in [0.2, 0.25) is 0 Å². The average molecular weight is 334 g/mol. The Balaban J connectivity index is 2.99. The van der Waals surface area contributed by atoms with Gasteiger partial charge in [-0.3, -0.25) is 0 Å². The smallest absolute Gasteiger partial charge is 0.242 e. The first-order valence-electron chi connectivity index (χ1n) is 7.33.